The Balaban J connectivity index is 1.91. The molecule has 1 aliphatic rings. The smallest absolute Gasteiger partial charge is 0.393 e. The molecule has 5 nitrogen and oxygen atoms in total. The summed E-state index contributed by atoms with van der Waals surface area (Å²) >= 11 is 0. The van der Waals surface area contributed by atoms with Crippen LogP contribution in [0.4, 0.5) is 23.2 Å². The first-order valence-corrected chi connectivity index (χ1v) is 8.59. The van der Waals surface area contributed by atoms with Crippen molar-refractivity contribution in [3.8, 4) is 0 Å². The van der Waals surface area contributed by atoms with Gasteiger partial charge in [0.15, 0.2) is 6.61 Å². The largest absolute Gasteiger partial charge is 0.452 e. The van der Waals surface area contributed by atoms with Gasteiger partial charge in [-0.3, -0.25) is 4.79 Å². The van der Waals surface area contributed by atoms with Gasteiger partial charge in [0.05, 0.1) is 17.2 Å². The van der Waals surface area contributed by atoms with E-state index < -0.39 is 42.4 Å². The minimum atomic E-state index is -4.39. The van der Waals surface area contributed by atoms with Gasteiger partial charge < -0.3 is 15.0 Å². The summed E-state index contributed by atoms with van der Waals surface area (Å²) in [6.07, 6.45) is -3.15. The first-order valence-electron chi connectivity index (χ1n) is 8.59. The predicted molar refractivity (Wildman–Crippen MR) is 91.0 cm³/mol. The van der Waals surface area contributed by atoms with Crippen LogP contribution >= 0.6 is 0 Å². The average molecular weight is 390 g/mol. The number of alkyl halides is 3. The summed E-state index contributed by atoms with van der Waals surface area (Å²) in [5, 5.41) is 2.30. The summed E-state index contributed by atoms with van der Waals surface area (Å²) in [6, 6.07) is 2.69. The lowest BCUT2D eigenvalue weighted by atomic mass is 9.84. The van der Waals surface area contributed by atoms with Crippen molar-refractivity contribution in [3.05, 3.63) is 29.6 Å². The van der Waals surface area contributed by atoms with Gasteiger partial charge in [-0.05, 0) is 31.0 Å². The second-order valence-corrected chi connectivity index (χ2v) is 6.74. The van der Waals surface area contributed by atoms with Crippen molar-refractivity contribution in [2.45, 2.75) is 37.9 Å². The number of hydrogen-bond acceptors (Lipinski definition) is 4. The Kier molecular flexibility index (Phi) is 6.67. The molecule has 9 heteroatoms. The molecule has 1 saturated carbocycles. The number of benzene rings is 1. The van der Waals surface area contributed by atoms with Crippen molar-refractivity contribution < 1.29 is 31.9 Å². The highest BCUT2D eigenvalue weighted by Crippen LogP contribution is 2.37. The SMILES string of the molecule is CN(C)c1ccc(C(=O)OCC(=O)N[C@@H]2CCCC[C@@H]2C(F)(F)F)cc1F. The third-order valence-electron chi connectivity index (χ3n) is 4.53. The van der Waals surface area contributed by atoms with Crippen LogP contribution in [-0.2, 0) is 9.53 Å². The molecule has 1 amide bonds. The molecular weight excluding hydrogens is 368 g/mol. The molecule has 1 aromatic rings. The molecule has 0 heterocycles. The summed E-state index contributed by atoms with van der Waals surface area (Å²) in [7, 11) is 3.28. The molecule has 0 spiro atoms. The molecule has 0 unspecified atom stereocenters. The number of nitrogens with zero attached hydrogens (tertiary/aromatic N) is 1. The second-order valence-electron chi connectivity index (χ2n) is 6.74. The molecule has 0 radical (unpaired) electrons. The Morgan fingerprint density at radius 2 is 1.89 bits per heavy atom. The molecular formula is C18H22F4N2O3. The summed E-state index contributed by atoms with van der Waals surface area (Å²) in [4.78, 5) is 25.4. The number of carbonyl (C=O) groups is 2. The van der Waals surface area contributed by atoms with Crippen LogP contribution in [0.1, 0.15) is 36.0 Å². The van der Waals surface area contributed by atoms with Gasteiger partial charge in [0, 0.05) is 20.1 Å². The number of amides is 1. The zero-order chi connectivity index (χ0) is 20.2. The van der Waals surface area contributed by atoms with Gasteiger partial charge in [-0.1, -0.05) is 12.8 Å². The van der Waals surface area contributed by atoms with E-state index >= 15 is 0 Å². The van der Waals surface area contributed by atoms with Gasteiger partial charge in [-0.25, -0.2) is 9.18 Å². The highest BCUT2D eigenvalue weighted by molar-refractivity contribution is 5.91. The van der Waals surface area contributed by atoms with E-state index in [0.717, 1.165) is 6.07 Å². The summed E-state index contributed by atoms with van der Waals surface area (Å²) in [5.74, 6) is -3.96. The van der Waals surface area contributed by atoms with Gasteiger partial charge in [0.1, 0.15) is 5.82 Å². The zero-order valence-electron chi connectivity index (χ0n) is 15.1. The number of carbonyl (C=O) groups excluding carboxylic acids is 2. The lowest BCUT2D eigenvalue weighted by molar-refractivity contribution is -0.189. The average Bonchev–Trinajstić information content (AvgIpc) is 2.58. The number of hydrogen-bond donors (Lipinski definition) is 1. The molecule has 0 bridgehead atoms. The van der Waals surface area contributed by atoms with Crippen LogP contribution in [-0.4, -0.2) is 44.8 Å². The van der Waals surface area contributed by atoms with Crippen molar-refractivity contribution in [2.75, 3.05) is 25.6 Å². The lowest BCUT2D eigenvalue weighted by Crippen LogP contribution is -2.48. The molecule has 1 aromatic carbocycles. The highest BCUT2D eigenvalue weighted by Gasteiger charge is 2.45. The van der Waals surface area contributed by atoms with Crippen molar-refractivity contribution >= 4 is 17.6 Å². The van der Waals surface area contributed by atoms with Gasteiger partial charge in [0.25, 0.3) is 5.91 Å². The Morgan fingerprint density at radius 1 is 1.22 bits per heavy atom. The van der Waals surface area contributed by atoms with Gasteiger partial charge in [-0.2, -0.15) is 13.2 Å². The van der Waals surface area contributed by atoms with E-state index in [0.29, 0.717) is 12.8 Å². The van der Waals surface area contributed by atoms with E-state index in [1.807, 2.05) is 0 Å². The topological polar surface area (TPSA) is 58.6 Å². The zero-order valence-corrected chi connectivity index (χ0v) is 15.1. The summed E-state index contributed by atoms with van der Waals surface area (Å²) < 4.78 is 57.8. The fourth-order valence-corrected chi connectivity index (χ4v) is 3.15. The molecule has 1 fully saturated rings. The Bertz CT molecular complexity index is 692. The summed E-state index contributed by atoms with van der Waals surface area (Å²) in [6.45, 7) is -0.725. The third kappa shape index (κ3) is 5.58. The molecule has 2 rings (SSSR count). The molecule has 1 N–H and O–H groups in total. The van der Waals surface area contributed by atoms with Crippen molar-refractivity contribution in [2.24, 2.45) is 5.92 Å². The van der Waals surface area contributed by atoms with Crippen LogP contribution in [0.15, 0.2) is 18.2 Å². The predicted octanol–water partition coefficient (Wildman–Crippen LogP) is 3.29. The quantitative estimate of drug-likeness (QED) is 0.619. The first-order chi connectivity index (χ1) is 12.6. The molecule has 27 heavy (non-hydrogen) atoms. The monoisotopic (exact) mass is 390 g/mol. The van der Waals surface area contributed by atoms with Crippen molar-refractivity contribution in [3.63, 3.8) is 0 Å². The molecule has 150 valence electrons. The van der Waals surface area contributed by atoms with Crippen LogP contribution in [0, 0.1) is 11.7 Å². The molecule has 0 aromatic heterocycles. The highest BCUT2D eigenvalue weighted by atomic mass is 19.4. The van der Waals surface area contributed by atoms with Crippen LogP contribution < -0.4 is 10.2 Å². The maximum Gasteiger partial charge on any atom is 0.393 e. The third-order valence-corrected chi connectivity index (χ3v) is 4.53. The van der Waals surface area contributed by atoms with Crippen molar-refractivity contribution in [1.29, 1.82) is 0 Å². The summed E-state index contributed by atoms with van der Waals surface area (Å²) in [5.41, 5.74) is 0.191. The maximum atomic E-state index is 13.9. The number of rotatable bonds is 5. The van der Waals surface area contributed by atoms with Gasteiger partial charge in [0.2, 0.25) is 0 Å². The van der Waals surface area contributed by atoms with Crippen LogP contribution in [0.3, 0.4) is 0 Å². The maximum absolute atomic E-state index is 13.9. The van der Waals surface area contributed by atoms with Crippen LogP contribution in [0.5, 0.6) is 0 Å². The lowest BCUT2D eigenvalue weighted by Gasteiger charge is -2.33. The molecule has 0 saturated heterocycles. The van der Waals surface area contributed by atoms with E-state index in [1.165, 1.54) is 17.0 Å². The number of esters is 1. The minimum Gasteiger partial charge on any atom is -0.452 e. The minimum absolute atomic E-state index is 0.0360. The molecule has 0 aliphatic heterocycles. The van der Waals surface area contributed by atoms with Gasteiger partial charge >= 0.3 is 12.1 Å². The van der Waals surface area contributed by atoms with E-state index in [2.05, 4.69) is 5.32 Å². The normalized spacial score (nSPS) is 20.1. The van der Waals surface area contributed by atoms with E-state index in [4.69, 9.17) is 4.74 Å². The van der Waals surface area contributed by atoms with Crippen LogP contribution in [0.2, 0.25) is 0 Å². The van der Waals surface area contributed by atoms with Gasteiger partial charge in [-0.15, -0.1) is 0 Å². The molecule has 1 aliphatic carbocycles. The second kappa shape index (κ2) is 8.58. The number of nitrogens with one attached hydrogen (secondary N) is 1. The number of halogens is 4. The van der Waals surface area contributed by atoms with Crippen molar-refractivity contribution in [1.82, 2.24) is 5.32 Å². The fourth-order valence-electron chi connectivity index (χ4n) is 3.15. The Labute approximate surface area is 154 Å². The van der Waals surface area contributed by atoms with Crippen LogP contribution in [0.25, 0.3) is 0 Å². The number of ether oxygens (including phenoxy) is 1. The standard InChI is InChI=1S/C18H22F4N2O3/c1-24(2)15-8-7-11(9-13(15)19)17(26)27-10-16(25)23-14-6-4-3-5-12(14)18(20,21)22/h7-9,12,14H,3-6,10H2,1-2H3,(H,23,25)/t12-,14+/m0/s1. The van der Waals surface area contributed by atoms with E-state index in [9.17, 15) is 27.2 Å². The Hall–Kier alpha value is -2.32. The first kappa shape index (κ1) is 21.0. The van der Waals surface area contributed by atoms with E-state index in [-0.39, 0.29) is 24.1 Å². The molecule has 2 atom stereocenters. The van der Waals surface area contributed by atoms with E-state index in [1.54, 1.807) is 14.1 Å². The fraction of sp³-hybridized carbons (Fsp3) is 0.556. The number of anilines is 1. The Morgan fingerprint density at radius 3 is 2.48 bits per heavy atom.